The average Bonchev–Trinajstić information content (AvgIpc) is 3.44. The Morgan fingerprint density at radius 2 is 1.28 bits per heavy atom. The summed E-state index contributed by atoms with van der Waals surface area (Å²) in [6.45, 7) is 7.94. The molecule has 1 atom stereocenters. The molecule has 1 N–H and O–H groups in total. The summed E-state index contributed by atoms with van der Waals surface area (Å²) in [7, 11) is -1.67. The second kappa shape index (κ2) is 12.5. The molecule has 10 heteroatoms. The Balaban J connectivity index is 0.000000176. The molecule has 0 radical (unpaired) electrons. The van der Waals surface area contributed by atoms with Gasteiger partial charge < -0.3 is 28.5 Å². The van der Waals surface area contributed by atoms with E-state index >= 15 is 0 Å². The lowest BCUT2D eigenvalue weighted by molar-refractivity contribution is 0.00578. The van der Waals surface area contributed by atoms with Crippen LogP contribution in [0.4, 0.5) is 0 Å². The van der Waals surface area contributed by atoms with Crippen molar-refractivity contribution in [3.8, 4) is 29.1 Å². The zero-order valence-corrected chi connectivity index (χ0v) is 24.4. The number of benzene rings is 4. The molecule has 0 aliphatic carbocycles. The van der Waals surface area contributed by atoms with Crippen molar-refractivity contribution in [2.24, 2.45) is 0 Å². The van der Waals surface area contributed by atoms with Gasteiger partial charge in [-0.3, -0.25) is 4.79 Å². The molecule has 0 spiro atoms. The second-order valence-corrected chi connectivity index (χ2v) is 11.1. The van der Waals surface area contributed by atoms with E-state index in [9.17, 15) is 9.82 Å². The van der Waals surface area contributed by atoms with Crippen LogP contribution in [-0.4, -0.2) is 36.7 Å². The van der Waals surface area contributed by atoms with Crippen molar-refractivity contribution in [2.45, 2.75) is 45.0 Å². The zero-order chi connectivity index (χ0) is 30.6. The monoisotopic (exact) mass is 575 g/mol. The highest BCUT2D eigenvalue weighted by Crippen LogP contribution is 2.37. The van der Waals surface area contributed by atoms with Crippen molar-refractivity contribution in [3.05, 3.63) is 108 Å². The number of nitriles is 1. The molecule has 0 amide bonds. The number of ether oxygens (including phenoxy) is 2. The predicted octanol–water partition coefficient (Wildman–Crippen LogP) is 5.35. The maximum absolute atomic E-state index is 11.4. The van der Waals surface area contributed by atoms with E-state index in [2.05, 4.69) is 0 Å². The van der Waals surface area contributed by atoms with Gasteiger partial charge in [0.1, 0.15) is 29.3 Å². The van der Waals surface area contributed by atoms with Gasteiger partial charge in [0.25, 0.3) is 0 Å². The fourth-order valence-electron chi connectivity index (χ4n) is 4.59. The topological polar surface area (TPSA) is 107 Å². The van der Waals surface area contributed by atoms with Gasteiger partial charge in [-0.2, -0.15) is 5.26 Å². The lowest BCUT2D eigenvalue weighted by Gasteiger charge is -2.32. The van der Waals surface area contributed by atoms with E-state index < -0.39 is 31.5 Å². The summed E-state index contributed by atoms with van der Waals surface area (Å²) >= 11 is 0. The largest absolute Gasteiger partial charge is 0.495 e. The van der Waals surface area contributed by atoms with E-state index in [4.69, 9.17) is 28.7 Å². The summed E-state index contributed by atoms with van der Waals surface area (Å²) in [4.78, 5) is 11.4. The first kappa shape index (κ1) is 30.1. The zero-order valence-electron chi connectivity index (χ0n) is 24.4. The van der Waals surface area contributed by atoms with E-state index in [1.54, 1.807) is 36.4 Å². The van der Waals surface area contributed by atoms with Crippen LogP contribution in [0.25, 0.3) is 0 Å². The first-order valence-corrected chi connectivity index (χ1v) is 13.9. The van der Waals surface area contributed by atoms with Crippen LogP contribution >= 0.6 is 0 Å². The van der Waals surface area contributed by atoms with E-state index in [0.29, 0.717) is 39.3 Å². The number of aldehydes is 1. The number of hydrogen-bond acceptors (Lipinski definition) is 8. The SMILES string of the molecule is CC1(C)OB(c2cc(Oc3ccccc3)ccc2C=O)OC1(C)C.N#CC1OB(O)c2cc(Oc3ccccc3)ccc21. The predicted molar refractivity (Wildman–Crippen MR) is 164 cm³/mol. The molecule has 1 fully saturated rings. The van der Waals surface area contributed by atoms with Crippen LogP contribution < -0.4 is 20.4 Å². The number of rotatable bonds is 6. The lowest BCUT2D eigenvalue weighted by Crippen LogP contribution is -2.41. The average molecular weight is 575 g/mol. The van der Waals surface area contributed by atoms with Crippen molar-refractivity contribution in [3.63, 3.8) is 0 Å². The Kier molecular flexibility index (Phi) is 8.71. The number of fused-ring (bicyclic) bond motifs is 1. The van der Waals surface area contributed by atoms with Gasteiger partial charge in [0.15, 0.2) is 6.10 Å². The van der Waals surface area contributed by atoms with Crippen molar-refractivity contribution < 1.29 is 33.3 Å². The van der Waals surface area contributed by atoms with Crippen molar-refractivity contribution in [1.82, 2.24) is 0 Å². The molecular weight excluding hydrogens is 544 g/mol. The molecule has 1 saturated heterocycles. The van der Waals surface area contributed by atoms with Gasteiger partial charge in [-0.1, -0.05) is 42.5 Å². The van der Waals surface area contributed by atoms with Crippen LogP contribution in [0.15, 0.2) is 97.1 Å². The van der Waals surface area contributed by atoms with Gasteiger partial charge in [-0.15, -0.1) is 0 Å². The molecule has 0 saturated carbocycles. The highest BCUT2D eigenvalue weighted by molar-refractivity contribution is 6.63. The van der Waals surface area contributed by atoms with E-state index in [0.717, 1.165) is 12.0 Å². The quantitative estimate of drug-likeness (QED) is 0.242. The minimum Gasteiger partial charge on any atom is -0.457 e. The molecule has 0 aromatic heterocycles. The van der Waals surface area contributed by atoms with Crippen LogP contribution in [0.1, 0.15) is 49.7 Å². The summed E-state index contributed by atoms with van der Waals surface area (Å²) in [5.41, 5.74) is 1.56. The highest BCUT2D eigenvalue weighted by atomic mass is 16.7. The number of carbonyl (C=O) groups excluding carboxylic acids is 1. The summed E-state index contributed by atoms with van der Waals surface area (Å²) in [5, 5.41) is 18.7. The normalized spacial score (nSPS) is 17.7. The molecule has 2 aliphatic heterocycles. The van der Waals surface area contributed by atoms with E-state index in [1.165, 1.54) is 0 Å². The van der Waals surface area contributed by atoms with Crippen LogP contribution in [0.5, 0.6) is 23.0 Å². The smallest absolute Gasteiger partial charge is 0.457 e. The maximum atomic E-state index is 11.4. The Hall–Kier alpha value is -4.39. The summed E-state index contributed by atoms with van der Waals surface area (Å²) in [6.07, 6.45) is 0.0999. The molecule has 43 heavy (non-hydrogen) atoms. The standard InChI is InChI=1S/C19H21BO4.C14H10BNO3/c1-18(2)19(3,4)24-20(23-18)17-12-16(11-10-14(17)13-21)22-15-8-6-5-7-9-15;16-9-14-12-7-6-11(8-13(12)15(17)19-14)18-10-4-2-1-3-5-10/h5-13H,1-4H3;1-8,14,17H. The van der Waals surface area contributed by atoms with Gasteiger partial charge in [-0.25, -0.2) is 0 Å². The Bertz CT molecular complexity index is 1610. The molecular formula is C33H31B2NO7. The summed E-state index contributed by atoms with van der Waals surface area (Å²) in [5.74, 6) is 2.69. The third-order valence-corrected chi connectivity index (χ3v) is 7.64. The Labute approximate surface area is 252 Å². The van der Waals surface area contributed by atoms with E-state index in [1.807, 2.05) is 94.4 Å². The lowest BCUT2D eigenvalue weighted by atomic mass is 9.76. The van der Waals surface area contributed by atoms with Crippen LogP contribution in [-0.2, 0) is 14.0 Å². The van der Waals surface area contributed by atoms with Gasteiger partial charge >= 0.3 is 14.2 Å². The van der Waals surface area contributed by atoms with Crippen molar-refractivity contribution >= 4 is 31.4 Å². The Morgan fingerprint density at radius 3 is 1.79 bits per heavy atom. The Morgan fingerprint density at radius 1 is 0.767 bits per heavy atom. The molecule has 8 nitrogen and oxygen atoms in total. The van der Waals surface area contributed by atoms with Gasteiger partial charge in [0, 0.05) is 5.56 Å². The second-order valence-electron chi connectivity index (χ2n) is 11.1. The molecule has 1 unspecified atom stereocenters. The molecule has 4 aromatic carbocycles. The van der Waals surface area contributed by atoms with Crippen LogP contribution in [0.3, 0.4) is 0 Å². The van der Waals surface area contributed by atoms with Crippen LogP contribution in [0, 0.1) is 11.3 Å². The first-order valence-electron chi connectivity index (χ1n) is 13.9. The highest BCUT2D eigenvalue weighted by Gasteiger charge is 2.52. The van der Waals surface area contributed by atoms with E-state index in [-0.39, 0.29) is 0 Å². The molecule has 216 valence electrons. The fraction of sp³-hybridized carbons (Fsp3) is 0.212. The first-order chi connectivity index (χ1) is 20.6. The van der Waals surface area contributed by atoms with Crippen molar-refractivity contribution in [1.29, 1.82) is 5.26 Å². The minimum atomic E-state index is -1.07. The number of nitrogens with zero attached hydrogens (tertiary/aromatic N) is 1. The van der Waals surface area contributed by atoms with Crippen LogP contribution in [0.2, 0.25) is 0 Å². The minimum absolute atomic E-state index is 0.464. The fourth-order valence-corrected chi connectivity index (χ4v) is 4.59. The van der Waals surface area contributed by atoms with Crippen molar-refractivity contribution in [2.75, 3.05) is 0 Å². The van der Waals surface area contributed by atoms with Gasteiger partial charge in [0.2, 0.25) is 0 Å². The van der Waals surface area contributed by atoms with Gasteiger partial charge in [0.05, 0.1) is 17.3 Å². The van der Waals surface area contributed by atoms with Gasteiger partial charge in [-0.05, 0) is 98.8 Å². The molecule has 4 aromatic rings. The maximum Gasteiger partial charge on any atom is 0.495 e. The summed E-state index contributed by atoms with van der Waals surface area (Å²) < 4.78 is 28.8. The molecule has 6 rings (SSSR count). The molecule has 2 aliphatic rings. The molecule has 0 bridgehead atoms. The summed E-state index contributed by atoms with van der Waals surface area (Å²) in [6, 6.07) is 31.4. The number of para-hydroxylation sites is 2. The molecule has 2 heterocycles. The third kappa shape index (κ3) is 6.66. The number of hydrogen-bond donors (Lipinski definition) is 1. The number of carbonyl (C=O) groups is 1. The third-order valence-electron chi connectivity index (χ3n) is 7.64.